The molecule has 7 nitrogen and oxygen atoms in total. The largest absolute Gasteiger partial charge is 0.496 e. The second-order valence-electron chi connectivity index (χ2n) is 3.61. The molecule has 19 heavy (non-hydrogen) atoms. The van der Waals surface area contributed by atoms with Gasteiger partial charge in [-0.2, -0.15) is 0 Å². The first-order valence-electron chi connectivity index (χ1n) is 5.41. The van der Waals surface area contributed by atoms with Gasteiger partial charge in [-0.15, -0.1) is 10.2 Å². The van der Waals surface area contributed by atoms with E-state index in [9.17, 15) is 4.79 Å². The second kappa shape index (κ2) is 5.38. The standard InChI is InChI=1S/C12H12N2O5/c1-17-7-4-3-5-8(18-2)11(7)12-14-13-9(19-12)6-10(15)16/h3-5H,6H2,1-2H3,(H,15,16). The van der Waals surface area contributed by atoms with Gasteiger partial charge in [0.2, 0.25) is 5.89 Å². The van der Waals surface area contributed by atoms with Crippen molar-refractivity contribution in [3.05, 3.63) is 24.1 Å². The molecular formula is C12H12N2O5. The Kier molecular flexibility index (Phi) is 3.65. The van der Waals surface area contributed by atoms with E-state index >= 15 is 0 Å². The lowest BCUT2D eigenvalue weighted by Crippen LogP contribution is -1.99. The van der Waals surface area contributed by atoms with Gasteiger partial charge < -0.3 is 19.0 Å². The minimum absolute atomic E-state index is 0.0236. The Hall–Kier alpha value is -2.57. The summed E-state index contributed by atoms with van der Waals surface area (Å²) in [5, 5.41) is 16.2. The molecule has 0 fully saturated rings. The van der Waals surface area contributed by atoms with Gasteiger partial charge in [0.1, 0.15) is 23.5 Å². The number of aliphatic carboxylic acids is 1. The number of hydrogen-bond acceptors (Lipinski definition) is 6. The topological polar surface area (TPSA) is 94.7 Å². The molecule has 1 heterocycles. The van der Waals surface area contributed by atoms with Crippen molar-refractivity contribution in [1.82, 2.24) is 10.2 Å². The summed E-state index contributed by atoms with van der Waals surface area (Å²) in [5.41, 5.74) is 0.497. The fourth-order valence-corrected chi connectivity index (χ4v) is 1.62. The molecule has 2 rings (SSSR count). The van der Waals surface area contributed by atoms with Crippen molar-refractivity contribution in [3.63, 3.8) is 0 Å². The Morgan fingerprint density at radius 3 is 2.42 bits per heavy atom. The van der Waals surface area contributed by atoms with Crippen molar-refractivity contribution in [3.8, 4) is 23.0 Å². The molecule has 0 aliphatic heterocycles. The highest BCUT2D eigenvalue weighted by Gasteiger charge is 2.19. The molecule has 0 atom stereocenters. The quantitative estimate of drug-likeness (QED) is 0.871. The molecular weight excluding hydrogens is 252 g/mol. The maximum Gasteiger partial charge on any atom is 0.312 e. The molecule has 7 heteroatoms. The summed E-state index contributed by atoms with van der Waals surface area (Å²) in [6.07, 6.45) is -0.329. The third-order valence-corrected chi connectivity index (χ3v) is 2.41. The molecule has 1 aromatic heterocycles. The predicted molar refractivity (Wildman–Crippen MR) is 64.2 cm³/mol. The van der Waals surface area contributed by atoms with Crippen molar-refractivity contribution < 1.29 is 23.8 Å². The number of hydrogen-bond donors (Lipinski definition) is 1. The van der Waals surface area contributed by atoms with Crippen molar-refractivity contribution in [2.45, 2.75) is 6.42 Å². The normalized spacial score (nSPS) is 10.2. The van der Waals surface area contributed by atoms with Crippen molar-refractivity contribution in [2.75, 3.05) is 14.2 Å². The summed E-state index contributed by atoms with van der Waals surface area (Å²) in [6, 6.07) is 5.20. The van der Waals surface area contributed by atoms with Crippen LogP contribution in [0.4, 0.5) is 0 Å². The number of rotatable bonds is 5. The Labute approximate surface area is 108 Å². The van der Waals surface area contributed by atoms with Gasteiger partial charge in [-0.3, -0.25) is 4.79 Å². The molecule has 0 radical (unpaired) electrons. The Morgan fingerprint density at radius 2 is 1.89 bits per heavy atom. The summed E-state index contributed by atoms with van der Waals surface area (Å²) in [6.45, 7) is 0. The lowest BCUT2D eigenvalue weighted by Gasteiger charge is -2.09. The number of ether oxygens (including phenoxy) is 2. The van der Waals surface area contributed by atoms with E-state index in [2.05, 4.69) is 10.2 Å². The van der Waals surface area contributed by atoms with Gasteiger partial charge in [0, 0.05) is 0 Å². The third kappa shape index (κ3) is 2.65. The molecule has 0 spiro atoms. The molecule has 2 aromatic rings. The SMILES string of the molecule is COc1cccc(OC)c1-c1nnc(CC(=O)O)o1. The molecule has 0 amide bonds. The number of carboxylic acids is 1. The first-order valence-corrected chi connectivity index (χ1v) is 5.41. The van der Waals surface area contributed by atoms with E-state index in [-0.39, 0.29) is 18.2 Å². The summed E-state index contributed by atoms with van der Waals surface area (Å²) in [4.78, 5) is 10.6. The number of aromatic nitrogens is 2. The molecule has 1 aromatic carbocycles. The number of nitrogens with zero attached hydrogens (tertiary/aromatic N) is 2. The maximum atomic E-state index is 10.6. The van der Waals surface area contributed by atoms with Gasteiger partial charge in [0.15, 0.2) is 0 Å². The first kappa shape index (κ1) is 12.9. The van der Waals surface area contributed by atoms with Crippen LogP contribution in [-0.4, -0.2) is 35.5 Å². The van der Waals surface area contributed by atoms with Gasteiger partial charge in [-0.25, -0.2) is 0 Å². The highest BCUT2D eigenvalue weighted by molar-refractivity contribution is 5.71. The Bertz CT molecular complexity index is 571. The molecule has 0 aliphatic rings. The summed E-state index contributed by atoms with van der Waals surface area (Å²) < 4.78 is 15.7. The van der Waals surface area contributed by atoms with Crippen LogP contribution < -0.4 is 9.47 Å². The van der Waals surface area contributed by atoms with Crippen LogP contribution in [-0.2, 0) is 11.2 Å². The zero-order valence-corrected chi connectivity index (χ0v) is 10.4. The van der Waals surface area contributed by atoms with E-state index in [4.69, 9.17) is 19.0 Å². The molecule has 0 bridgehead atoms. The average molecular weight is 264 g/mol. The predicted octanol–water partition coefficient (Wildman–Crippen LogP) is 1.38. The van der Waals surface area contributed by atoms with Crippen LogP contribution >= 0.6 is 0 Å². The lowest BCUT2D eigenvalue weighted by molar-refractivity contribution is -0.136. The Balaban J connectivity index is 2.45. The first-order chi connectivity index (χ1) is 9.15. The molecule has 0 saturated carbocycles. The summed E-state index contributed by atoms with van der Waals surface area (Å²) in [7, 11) is 3.01. The highest BCUT2D eigenvalue weighted by Crippen LogP contribution is 2.37. The van der Waals surface area contributed by atoms with E-state index in [1.807, 2.05) is 0 Å². The van der Waals surface area contributed by atoms with E-state index in [0.29, 0.717) is 17.1 Å². The van der Waals surface area contributed by atoms with Crippen LogP contribution in [0.5, 0.6) is 11.5 Å². The number of benzene rings is 1. The van der Waals surface area contributed by atoms with Crippen LogP contribution in [0.2, 0.25) is 0 Å². The maximum absolute atomic E-state index is 10.6. The summed E-state index contributed by atoms with van der Waals surface area (Å²) >= 11 is 0. The fraction of sp³-hybridized carbons (Fsp3) is 0.250. The minimum Gasteiger partial charge on any atom is -0.496 e. The third-order valence-electron chi connectivity index (χ3n) is 2.41. The second-order valence-corrected chi connectivity index (χ2v) is 3.61. The lowest BCUT2D eigenvalue weighted by atomic mass is 10.2. The van der Waals surface area contributed by atoms with E-state index in [1.165, 1.54) is 14.2 Å². The van der Waals surface area contributed by atoms with Crippen LogP contribution in [0, 0.1) is 0 Å². The smallest absolute Gasteiger partial charge is 0.312 e. The van der Waals surface area contributed by atoms with Gasteiger partial charge in [0.05, 0.1) is 14.2 Å². The Morgan fingerprint density at radius 1 is 1.26 bits per heavy atom. The molecule has 100 valence electrons. The van der Waals surface area contributed by atoms with E-state index in [0.717, 1.165) is 0 Å². The fourth-order valence-electron chi connectivity index (χ4n) is 1.62. The molecule has 0 aliphatic carbocycles. The van der Waals surface area contributed by atoms with Gasteiger partial charge in [-0.05, 0) is 12.1 Å². The zero-order valence-electron chi connectivity index (χ0n) is 10.4. The number of methoxy groups -OCH3 is 2. The van der Waals surface area contributed by atoms with Crippen molar-refractivity contribution in [1.29, 1.82) is 0 Å². The monoisotopic (exact) mass is 264 g/mol. The van der Waals surface area contributed by atoms with Crippen LogP contribution in [0.25, 0.3) is 11.5 Å². The van der Waals surface area contributed by atoms with E-state index < -0.39 is 5.97 Å². The summed E-state index contributed by atoms with van der Waals surface area (Å²) in [5.74, 6) is 0.151. The van der Waals surface area contributed by atoms with Crippen LogP contribution in [0.3, 0.4) is 0 Å². The van der Waals surface area contributed by atoms with E-state index in [1.54, 1.807) is 18.2 Å². The molecule has 0 unspecified atom stereocenters. The van der Waals surface area contributed by atoms with Gasteiger partial charge >= 0.3 is 5.97 Å². The molecule has 0 saturated heterocycles. The minimum atomic E-state index is -1.04. The molecule has 1 N–H and O–H groups in total. The van der Waals surface area contributed by atoms with Crippen molar-refractivity contribution in [2.24, 2.45) is 0 Å². The van der Waals surface area contributed by atoms with Crippen LogP contribution in [0.1, 0.15) is 5.89 Å². The average Bonchev–Trinajstić information content (AvgIpc) is 2.84. The number of carboxylic acid groups (broad SMARTS) is 1. The van der Waals surface area contributed by atoms with Crippen LogP contribution in [0.15, 0.2) is 22.6 Å². The highest BCUT2D eigenvalue weighted by atomic mass is 16.5. The zero-order chi connectivity index (χ0) is 13.8. The number of carbonyl (C=O) groups is 1. The van der Waals surface area contributed by atoms with Gasteiger partial charge in [0.25, 0.3) is 5.89 Å². The van der Waals surface area contributed by atoms with Crippen molar-refractivity contribution >= 4 is 5.97 Å². The van der Waals surface area contributed by atoms with Gasteiger partial charge in [-0.1, -0.05) is 6.07 Å².